The summed E-state index contributed by atoms with van der Waals surface area (Å²) in [5.41, 5.74) is 1.36. The lowest BCUT2D eigenvalue weighted by molar-refractivity contribution is 0.248. The monoisotopic (exact) mass is 373 g/mol. The van der Waals surface area contributed by atoms with Crippen LogP contribution in [0.2, 0.25) is 5.02 Å². The molecule has 2 aromatic rings. The van der Waals surface area contributed by atoms with Crippen LogP contribution in [0.3, 0.4) is 0 Å². The number of nitriles is 1. The summed E-state index contributed by atoms with van der Waals surface area (Å²) < 4.78 is 10.6. The Bertz CT molecular complexity index is 816. The van der Waals surface area contributed by atoms with E-state index in [4.69, 9.17) is 21.1 Å². The zero-order valence-corrected chi connectivity index (χ0v) is 15.5. The first kappa shape index (κ1) is 18.2. The standard InChI is InChI=1S/C18H20ClN5O2/c1-25-15-4-3-13(16(19)17(15)26-2)12-23-7-9-24(10-8-23)18-14(11-20)21-5-6-22-18/h3-6H,7-10,12H2,1-2H3. The molecular weight excluding hydrogens is 354 g/mol. The van der Waals surface area contributed by atoms with Crippen LogP contribution in [0.25, 0.3) is 0 Å². The number of rotatable bonds is 5. The molecule has 26 heavy (non-hydrogen) atoms. The van der Waals surface area contributed by atoms with Gasteiger partial charge in [-0.1, -0.05) is 17.7 Å². The Morgan fingerprint density at radius 2 is 1.85 bits per heavy atom. The van der Waals surface area contributed by atoms with Crippen molar-refractivity contribution in [3.8, 4) is 17.6 Å². The highest BCUT2D eigenvalue weighted by Gasteiger charge is 2.22. The number of hydrogen-bond acceptors (Lipinski definition) is 7. The molecule has 0 spiro atoms. The average Bonchev–Trinajstić information content (AvgIpc) is 2.69. The van der Waals surface area contributed by atoms with Gasteiger partial charge in [0.05, 0.1) is 19.2 Å². The predicted molar refractivity (Wildman–Crippen MR) is 98.8 cm³/mol. The van der Waals surface area contributed by atoms with E-state index in [1.807, 2.05) is 12.1 Å². The Balaban J connectivity index is 1.67. The molecule has 1 aromatic heterocycles. The third kappa shape index (κ3) is 3.66. The molecule has 136 valence electrons. The lowest BCUT2D eigenvalue weighted by Gasteiger charge is -2.35. The van der Waals surface area contributed by atoms with Crippen LogP contribution in [0.15, 0.2) is 24.5 Å². The van der Waals surface area contributed by atoms with Crippen molar-refractivity contribution in [3.05, 3.63) is 40.8 Å². The third-order valence-corrected chi connectivity index (χ3v) is 4.83. The van der Waals surface area contributed by atoms with Gasteiger partial charge in [-0.05, 0) is 11.6 Å². The fraction of sp³-hybridized carbons (Fsp3) is 0.389. The fourth-order valence-corrected chi connectivity index (χ4v) is 3.34. The predicted octanol–water partition coefficient (Wildman–Crippen LogP) is 2.34. The fourth-order valence-electron chi connectivity index (χ4n) is 3.05. The molecule has 0 bridgehead atoms. The molecule has 2 heterocycles. The Hall–Kier alpha value is -2.56. The molecule has 1 aromatic carbocycles. The second-order valence-corrected chi connectivity index (χ2v) is 6.26. The quantitative estimate of drug-likeness (QED) is 0.796. The van der Waals surface area contributed by atoms with E-state index in [9.17, 15) is 5.26 Å². The first-order chi connectivity index (χ1) is 12.7. The Morgan fingerprint density at radius 1 is 1.12 bits per heavy atom. The van der Waals surface area contributed by atoms with E-state index in [2.05, 4.69) is 25.8 Å². The third-order valence-electron chi connectivity index (χ3n) is 4.42. The van der Waals surface area contributed by atoms with Crippen molar-refractivity contribution in [2.75, 3.05) is 45.3 Å². The van der Waals surface area contributed by atoms with E-state index >= 15 is 0 Å². The van der Waals surface area contributed by atoms with E-state index in [0.29, 0.717) is 28.0 Å². The number of aromatic nitrogens is 2. The SMILES string of the molecule is COc1ccc(CN2CCN(c3nccnc3C#N)CC2)c(Cl)c1OC. The molecule has 0 N–H and O–H groups in total. The number of halogens is 1. The van der Waals surface area contributed by atoms with Gasteiger partial charge in [0.1, 0.15) is 6.07 Å². The second-order valence-electron chi connectivity index (χ2n) is 5.88. The number of nitrogens with zero attached hydrogens (tertiary/aromatic N) is 5. The summed E-state index contributed by atoms with van der Waals surface area (Å²) in [6.45, 7) is 3.95. The second kappa shape index (κ2) is 8.21. The van der Waals surface area contributed by atoms with Crippen LogP contribution in [-0.4, -0.2) is 55.3 Å². The van der Waals surface area contributed by atoms with Crippen molar-refractivity contribution in [2.45, 2.75) is 6.54 Å². The molecule has 0 radical (unpaired) electrons. The molecule has 8 heteroatoms. The molecule has 1 fully saturated rings. The van der Waals surface area contributed by atoms with Gasteiger partial charge in [0.15, 0.2) is 23.0 Å². The normalized spacial score (nSPS) is 14.8. The van der Waals surface area contributed by atoms with E-state index in [-0.39, 0.29) is 0 Å². The largest absolute Gasteiger partial charge is 0.493 e. The van der Waals surface area contributed by atoms with Crippen molar-refractivity contribution >= 4 is 17.4 Å². The summed E-state index contributed by atoms with van der Waals surface area (Å²) in [5, 5.41) is 9.77. The van der Waals surface area contributed by atoms with Gasteiger partial charge in [0.25, 0.3) is 0 Å². The van der Waals surface area contributed by atoms with Gasteiger partial charge in [0, 0.05) is 45.1 Å². The summed E-state index contributed by atoms with van der Waals surface area (Å²) in [5.74, 6) is 1.83. The first-order valence-electron chi connectivity index (χ1n) is 8.25. The minimum atomic E-state index is 0.365. The van der Waals surface area contributed by atoms with E-state index in [1.165, 1.54) is 6.20 Å². The number of hydrogen-bond donors (Lipinski definition) is 0. The first-order valence-corrected chi connectivity index (χ1v) is 8.63. The minimum absolute atomic E-state index is 0.365. The van der Waals surface area contributed by atoms with Gasteiger partial charge in [-0.2, -0.15) is 5.26 Å². The van der Waals surface area contributed by atoms with Gasteiger partial charge in [0.2, 0.25) is 0 Å². The lowest BCUT2D eigenvalue weighted by atomic mass is 10.1. The highest BCUT2D eigenvalue weighted by Crippen LogP contribution is 2.37. The summed E-state index contributed by atoms with van der Waals surface area (Å²) in [6.07, 6.45) is 3.16. The van der Waals surface area contributed by atoms with Gasteiger partial charge in [-0.3, -0.25) is 4.90 Å². The highest BCUT2D eigenvalue weighted by molar-refractivity contribution is 6.33. The van der Waals surface area contributed by atoms with E-state index in [0.717, 1.165) is 38.3 Å². The Morgan fingerprint density at radius 3 is 2.50 bits per heavy atom. The van der Waals surface area contributed by atoms with Crippen LogP contribution in [0.1, 0.15) is 11.3 Å². The zero-order valence-electron chi connectivity index (χ0n) is 14.8. The number of ether oxygens (including phenoxy) is 2. The molecule has 0 unspecified atom stereocenters. The molecule has 0 atom stereocenters. The van der Waals surface area contributed by atoms with Crippen LogP contribution in [-0.2, 0) is 6.54 Å². The van der Waals surface area contributed by atoms with Crippen molar-refractivity contribution in [3.63, 3.8) is 0 Å². The molecule has 1 aliphatic heterocycles. The van der Waals surface area contributed by atoms with Crippen molar-refractivity contribution in [1.29, 1.82) is 5.26 Å². The smallest absolute Gasteiger partial charge is 0.183 e. The van der Waals surface area contributed by atoms with Crippen LogP contribution in [0, 0.1) is 11.3 Å². The minimum Gasteiger partial charge on any atom is -0.493 e. The maximum atomic E-state index is 9.19. The summed E-state index contributed by atoms with van der Waals surface area (Å²) in [4.78, 5) is 12.8. The van der Waals surface area contributed by atoms with Gasteiger partial charge >= 0.3 is 0 Å². The number of anilines is 1. The molecular formula is C18H20ClN5O2. The molecule has 0 saturated carbocycles. The van der Waals surface area contributed by atoms with Gasteiger partial charge < -0.3 is 14.4 Å². The topological polar surface area (TPSA) is 74.5 Å². The van der Waals surface area contributed by atoms with Crippen molar-refractivity contribution in [1.82, 2.24) is 14.9 Å². The van der Waals surface area contributed by atoms with Crippen LogP contribution < -0.4 is 14.4 Å². The number of methoxy groups -OCH3 is 2. The zero-order chi connectivity index (χ0) is 18.5. The van der Waals surface area contributed by atoms with Gasteiger partial charge in [-0.25, -0.2) is 9.97 Å². The molecule has 0 aliphatic carbocycles. The maximum absolute atomic E-state index is 9.19. The molecule has 0 amide bonds. The lowest BCUT2D eigenvalue weighted by Crippen LogP contribution is -2.46. The summed E-state index contributed by atoms with van der Waals surface area (Å²) in [6, 6.07) is 5.94. The van der Waals surface area contributed by atoms with Gasteiger partial charge in [-0.15, -0.1) is 0 Å². The Kier molecular flexibility index (Phi) is 5.76. The van der Waals surface area contributed by atoms with Crippen LogP contribution in [0.5, 0.6) is 11.5 Å². The summed E-state index contributed by atoms with van der Waals surface area (Å²) >= 11 is 6.48. The molecule has 3 rings (SSSR count). The van der Waals surface area contributed by atoms with Crippen LogP contribution in [0.4, 0.5) is 5.82 Å². The average molecular weight is 374 g/mol. The number of piperazine rings is 1. The molecule has 1 saturated heterocycles. The number of benzene rings is 1. The van der Waals surface area contributed by atoms with E-state index < -0.39 is 0 Å². The maximum Gasteiger partial charge on any atom is 0.183 e. The van der Waals surface area contributed by atoms with Crippen LogP contribution >= 0.6 is 11.6 Å². The summed E-state index contributed by atoms with van der Waals surface area (Å²) in [7, 11) is 3.18. The van der Waals surface area contributed by atoms with E-state index in [1.54, 1.807) is 20.4 Å². The molecule has 1 aliphatic rings. The van der Waals surface area contributed by atoms with Crippen molar-refractivity contribution < 1.29 is 9.47 Å². The van der Waals surface area contributed by atoms with Crippen molar-refractivity contribution in [2.24, 2.45) is 0 Å². The highest BCUT2D eigenvalue weighted by atomic mass is 35.5. The Labute approximate surface area is 157 Å². The molecule has 7 nitrogen and oxygen atoms in total.